The lowest BCUT2D eigenvalue weighted by molar-refractivity contribution is -0.122. The highest BCUT2D eigenvalue weighted by atomic mass is 16.5. The standard InChI is InChI=1S/C14H18N4O5/c1-9-3-4-12(23-9)10(5-6-22-2)15-13(19)8-18-7-11(14(20)21)16-17-18/h3-4,7,10H,5-6,8H2,1-2H3,(H,15,19)(H,20,21). The molecule has 0 bridgehead atoms. The van der Waals surface area contributed by atoms with Crippen LogP contribution in [0.25, 0.3) is 0 Å². The first-order valence-corrected chi connectivity index (χ1v) is 6.97. The molecule has 1 unspecified atom stereocenters. The lowest BCUT2D eigenvalue weighted by Crippen LogP contribution is -2.32. The molecular formula is C14H18N4O5. The molecule has 2 aromatic rings. The minimum Gasteiger partial charge on any atom is -0.476 e. The molecule has 23 heavy (non-hydrogen) atoms. The number of furan rings is 1. The molecular weight excluding hydrogens is 304 g/mol. The third-order valence-corrected chi connectivity index (χ3v) is 3.11. The minimum atomic E-state index is -1.19. The quantitative estimate of drug-likeness (QED) is 0.736. The number of ether oxygens (including phenoxy) is 1. The van der Waals surface area contributed by atoms with Gasteiger partial charge in [-0.25, -0.2) is 9.48 Å². The molecule has 9 nitrogen and oxygen atoms in total. The normalized spacial score (nSPS) is 12.1. The second-order valence-corrected chi connectivity index (χ2v) is 4.96. The molecule has 2 heterocycles. The lowest BCUT2D eigenvalue weighted by atomic mass is 10.1. The lowest BCUT2D eigenvalue weighted by Gasteiger charge is -2.16. The SMILES string of the molecule is COCCC(NC(=O)Cn1cc(C(=O)O)nn1)c1ccc(C)o1. The average Bonchev–Trinajstić information content (AvgIpc) is 3.12. The zero-order valence-electron chi connectivity index (χ0n) is 12.9. The van der Waals surface area contributed by atoms with Crippen molar-refractivity contribution in [3.8, 4) is 0 Å². The molecule has 0 saturated carbocycles. The molecule has 1 amide bonds. The van der Waals surface area contributed by atoms with Crippen molar-refractivity contribution in [2.75, 3.05) is 13.7 Å². The summed E-state index contributed by atoms with van der Waals surface area (Å²) in [5, 5.41) is 18.7. The highest BCUT2D eigenvalue weighted by molar-refractivity contribution is 5.84. The van der Waals surface area contributed by atoms with Crippen LogP contribution in [0.5, 0.6) is 0 Å². The molecule has 0 aromatic carbocycles. The predicted octanol–water partition coefficient (Wildman–Crippen LogP) is 0.772. The molecule has 2 rings (SSSR count). The second kappa shape index (κ2) is 7.54. The predicted molar refractivity (Wildman–Crippen MR) is 77.8 cm³/mol. The Balaban J connectivity index is 2.00. The summed E-state index contributed by atoms with van der Waals surface area (Å²) in [7, 11) is 1.58. The minimum absolute atomic E-state index is 0.135. The van der Waals surface area contributed by atoms with Gasteiger partial charge in [-0.3, -0.25) is 4.79 Å². The van der Waals surface area contributed by atoms with E-state index in [4.69, 9.17) is 14.3 Å². The number of aryl methyl sites for hydroxylation is 1. The number of methoxy groups -OCH3 is 1. The van der Waals surface area contributed by atoms with E-state index in [0.29, 0.717) is 18.8 Å². The Morgan fingerprint density at radius 1 is 1.48 bits per heavy atom. The van der Waals surface area contributed by atoms with Gasteiger partial charge in [0.25, 0.3) is 0 Å². The number of carbonyl (C=O) groups is 2. The fourth-order valence-electron chi connectivity index (χ4n) is 2.02. The van der Waals surface area contributed by atoms with Crippen molar-refractivity contribution in [3.05, 3.63) is 35.5 Å². The van der Waals surface area contributed by atoms with E-state index >= 15 is 0 Å². The van der Waals surface area contributed by atoms with Gasteiger partial charge in [-0.1, -0.05) is 5.21 Å². The summed E-state index contributed by atoms with van der Waals surface area (Å²) in [4.78, 5) is 22.9. The Morgan fingerprint density at radius 2 is 2.26 bits per heavy atom. The molecule has 2 aromatic heterocycles. The molecule has 2 N–H and O–H groups in total. The van der Waals surface area contributed by atoms with Crippen LogP contribution < -0.4 is 5.32 Å². The van der Waals surface area contributed by atoms with Gasteiger partial charge in [-0.05, 0) is 25.5 Å². The number of rotatable bonds is 8. The zero-order chi connectivity index (χ0) is 16.8. The Morgan fingerprint density at radius 3 is 2.83 bits per heavy atom. The van der Waals surface area contributed by atoms with E-state index in [1.165, 1.54) is 10.9 Å². The number of hydrogen-bond donors (Lipinski definition) is 2. The molecule has 0 spiro atoms. The first-order valence-electron chi connectivity index (χ1n) is 6.97. The van der Waals surface area contributed by atoms with Gasteiger partial charge < -0.3 is 19.6 Å². The van der Waals surface area contributed by atoms with Crippen LogP contribution in [-0.4, -0.2) is 45.7 Å². The molecule has 0 aliphatic heterocycles. The number of carboxylic acids is 1. The summed E-state index contributed by atoms with van der Waals surface area (Å²) in [6, 6.07) is 3.28. The molecule has 0 aliphatic carbocycles. The number of hydrogen-bond acceptors (Lipinski definition) is 6. The topological polar surface area (TPSA) is 119 Å². The first-order chi connectivity index (χ1) is 11.0. The maximum atomic E-state index is 12.1. The highest BCUT2D eigenvalue weighted by Gasteiger charge is 2.19. The summed E-state index contributed by atoms with van der Waals surface area (Å²) in [6.07, 6.45) is 1.75. The van der Waals surface area contributed by atoms with Gasteiger partial charge in [0.05, 0.1) is 12.2 Å². The fraction of sp³-hybridized carbons (Fsp3) is 0.429. The molecule has 124 valence electrons. The third-order valence-electron chi connectivity index (χ3n) is 3.11. The molecule has 0 fully saturated rings. The number of nitrogens with one attached hydrogen (secondary N) is 1. The van der Waals surface area contributed by atoms with Crippen LogP contribution in [0, 0.1) is 6.92 Å². The smallest absolute Gasteiger partial charge is 0.358 e. The summed E-state index contributed by atoms with van der Waals surface area (Å²) >= 11 is 0. The Labute approximate surface area is 132 Å². The summed E-state index contributed by atoms with van der Waals surface area (Å²) in [5.74, 6) is -0.139. The van der Waals surface area contributed by atoms with E-state index in [2.05, 4.69) is 15.6 Å². The van der Waals surface area contributed by atoms with E-state index in [1.54, 1.807) is 13.2 Å². The molecule has 0 aliphatic rings. The zero-order valence-corrected chi connectivity index (χ0v) is 12.9. The van der Waals surface area contributed by atoms with Crippen LogP contribution in [0.2, 0.25) is 0 Å². The highest BCUT2D eigenvalue weighted by Crippen LogP contribution is 2.19. The van der Waals surface area contributed by atoms with Crippen molar-refractivity contribution in [3.63, 3.8) is 0 Å². The first kappa shape index (κ1) is 16.7. The van der Waals surface area contributed by atoms with Gasteiger partial charge in [-0.15, -0.1) is 5.10 Å². The van der Waals surface area contributed by atoms with Crippen molar-refractivity contribution in [1.82, 2.24) is 20.3 Å². The molecule has 0 radical (unpaired) electrons. The number of aromatic carboxylic acids is 1. The molecule has 1 atom stereocenters. The monoisotopic (exact) mass is 322 g/mol. The largest absolute Gasteiger partial charge is 0.476 e. The number of nitrogens with zero attached hydrogens (tertiary/aromatic N) is 3. The van der Waals surface area contributed by atoms with Crippen LogP contribution in [0.3, 0.4) is 0 Å². The van der Waals surface area contributed by atoms with E-state index in [0.717, 1.165) is 5.76 Å². The third kappa shape index (κ3) is 4.65. The van der Waals surface area contributed by atoms with Crippen molar-refractivity contribution < 1.29 is 23.8 Å². The summed E-state index contributed by atoms with van der Waals surface area (Å²) < 4.78 is 11.8. The van der Waals surface area contributed by atoms with Gasteiger partial charge in [-0.2, -0.15) is 0 Å². The summed E-state index contributed by atoms with van der Waals surface area (Å²) in [5.41, 5.74) is -0.213. The molecule has 9 heteroatoms. The van der Waals surface area contributed by atoms with Crippen molar-refractivity contribution in [2.24, 2.45) is 0 Å². The van der Waals surface area contributed by atoms with Crippen molar-refractivity contribution >= 4 is 11.9 Å². The number of aromatic nitrogens is 3. The molecule has 0 saturated heterocycles. The van der Waals surface area contributed by atoms with Crippen LogP contribution in [0.1, 0.15) is 34.5 Å². The second-order valence-electron chi connectivity index (χ2n) is 4.96. The van der Waals surface area contributed by atoms with Crippen LogP contribution in [0.15, 0.2) is 22.7 Å². The van der Waals surface area contributed by atoms with Crippen LogP contribution in [-0.2, 0) is 16.1 Å². The average molecular weight is 322 g/mol. The van der Waals surface area contributed by atoms with E-state index in [-0.39, 0.29) is 24.2 Å². The number of carbonyl (C=O) groups excluding carboxylic acids is 1. The Kier molecular flexibility index (Phi) is 5.47. The summed E-state index contributed by atoms with van der Waals surface area (Å²) in [6.45, 7) is 2.14. The van der Waals surface area contributed by atoms with Gasteiger partial charge in [0, 0.05) is 13.7 Å². The fourth-order valence-corrected chi connectivity index (χ4v) is 2.02. The van der Waals surface area contributed by atoms with Crippen LogP contribution in [0.4, 0.5) is 0 Å². The maximum absolute atomic E-state index is 12.1. The van der Waals surface area contributed by atoms with E-state index in [1.807, 2.05) is 13.0 Å². The van der Waals surface area contributed by atoms with Crippen molar-refractivity contribution in [2.45, 2.75) is 25.9 Å². The van der Waals surface area contributed by atoms with E-state index in [9.17, 15) is 9.59 Å². The van der Waals surface area contributed by atoms with Gasteiger partial charge in [0.2, 0.25) is 5.91 Å². The Hall–Kier alpha value is -2.68. The number of carboxylic acid groups (broad SMARTS) is 1. The van der Waals surface area contributed by atoms with Crippen LogP contribution >= 0.6 is 0 Å². The van der Waals surface area contributed by atoms with E-state index < -0.39 is 5.97 Å². The number of amides is 1. The van der Waals surface area contributed by atoms with Gasteiger partial charge >= 0.3 is 5.97 Å². The van der Waals surface area contributed by atoms with Crippen molar-refractivity contribution in [1.29, 1.82) is 0 Å². The maximum Gasteiger partial charge on any atom is 0.358 e. The Bertz CT molecular complexity index is 678. The van der Waals surface area contributed by atoms with Gasteiger partial charge in [0.15, 0.2) is 5.69 Å². The van der Waals surface area contributed by atoms with Gasteiger partial charge in [0.1, 0.15) is 18.1 Å².